The van der Waals surface area contributed by atoms with Gasteiger partial charge in [0.1, 0.15) is 0 Å². The molecule has 0 fully saturated rings. The molecule has 1 aromatic rings. The maximum atomic E-state index is 3.65. The Morgan fingerprint density at radius 1 is 1.00 bits per heavy atom. The van der Waals surface area contributed by atoms with Crippen LogP contribution < -0.4 is 5.32 Å². The van der Waals surface area contributed by atoms with Gasteiger partial charge in [-0.05, 0) is 29.7 Å². The molecule has 0 saturated heterocycles. The predicted octanol–water partition coefficient (Wildman–Crippen LogP) is 4.38. The van der Waals surface area contributed by atoms with E-state index in [1.807, 2.05) is 0 Å². The third kappa shape index (κ3) is 5.22. The van der Waals surface area contributed by atoms with Gasteiger partial charge in [0.15, 0.2) is 0 Å². The Bertz CT molecular complexity index is 346. The summed E-state index contributed by atoms with van der Waals surface area (Å²) in [5, 5.41) is 3.65. The topological polar surface area (TPSA) is 12.0 Å². The first-order valence-corrected chi connectivity index (χ1v) is 7.00. The van der Waals surface area contributed by atoms with Gasteiger partial charge in [0.25, 0.3) is 0 Å². The molecule has 1 heteroatoms. The Balaban J connectivity index is 2.55. The van der Waals surface area contributed by atoms with Crippen molar-refractivity contribution in [3.8, 4) is 0 Å². The van der Waals surface area contributed by atoms with E-state index in [1.165, 1.54) is 5.56 Å². The normalized spacial score (nSPS) is 14.6. The summed E-state index contributed by atoms with van der Waals surface area (Å²) >= 11 is 0. The van der Waals surface area contributed by atoms with Crippen LogP contribution in [0.15, 0.2) is 30.3 Å². The Kier molecular flexibility index (Phi) is 4.98. The van der Waals surface area contributed by atoms with E-state index in [9.17, 15) is 0 Å². The molecule has 0 spiro atoms. The van der Waals surface area contributed by atoms with E-state index in [2.05, 4.69) is 77.2 Å². The maximum absolute atomic E-state index is 3.65. The first kappa shape index (κ1) is 15.2. The van der Waals surface area contributed by atoms with Crippen LogP contribution in [0.2, 0.25) is 0 Å². The van der Waals surface area contributed by atoms with Crippen LogP contribution in [0.4, 0.5) is 0 Å². The summed E-state index contributed by atoms with van der Waals surface area (Å²) in [6.07, 6.45) is 1.16. The monoisotopic (exact) mass is 247 g/mol. The highest BCUT2D eigenvalue weighted by atomic mass is 14.9. The van der Waals surface area contributed by atoms with E-state index in [-0.39, 0.29) is 5.41 Å². The van der Waals surface area contributed by atoms with Crippen molar-refractivity contribution in [3.05, 3.63) is 35.9 Å². The minimum atomic E-state index is 0.228. The summed E-state index contributed by atoms with van der Waals surface area (Å²) in [6.45, 7) is 14.8. The molecule has 0 amide bonds. The molecule has 0 aromatic heterocycles. The van der Waals surface area contributed by atoms with Crippen molar-refractivity contribution < 1.29 is 0 Å². The maximum Gasteiger partial charge on any atom is 0.00472 e. The molecule has 0 aliphatic heterocycles. The van der Waals surface area contributed by atoms with Crippen LogP contribution in [-0.4, -0.2) is 12.6 Å². The van der Waals surface area contributed by atoms with Gasteiger partial charge in [-0.3, -0.25) is 0 Å². The van der Waals surface area contributed by atoms with E-state index in [0.29, 0.717) is 11.5 Å². The van der Waals surface area contributed by atoms with E-state index in [1.54, 1.807) is 0 Å². The molecule has 1 N–H and O–H groups in total. The van der Waals surface area contributed by atoms with Crippen molar-refractivity contribution in [1.29, 1.82) is 0 Å². The third-order valence-electron chi connectivity index (χ3n) is 3.35. The molecular formula is C17H29N. The molecule has 1 rings (SSSR count). The zero-order valence-corrected chi connectivity index (χ0v) is 12.9. The Morgan fingerprint density at radius 3 is 2.06 bits per heavy atom. The first-order chi connectivity index (χ1) is 8.21. The van der Waals surface area contributed by atoms with Gasteiger partial charge >= 0.3 is 0 Å². The Labute approximate surface area is 113 Å². The quantitative estimate of drug-likeness (QED) is 0.814. The lowest BCUT2D eigenvalue weighted by Gasteiger charge is -2.31. The molecule has 1 atom stereocenters. The molecule has 0 bridgehead atoms. The van der Waals surface area contributed by atoms with Gasteiger partial charge in [-0.25, -0.2) is 0 Å². The minimum absolute atomic E-state index is 0.228. The lowest BCUT2D eigenvalue weighted by molar-refractivity contribution is 0.322. The van der Waals surface area contributed by atoms with Crippen molar-refractivity contribution in [2.24, 2.45) is 5.41 Å². The zero-order valence-electron chi connectivity index (χ0n) is 12.9. The molecule has 0 heterocycles. The van der Waals surface area contributed by atoms with Gasteiger partial charge in [-0.1, -0.05) is 65.0 Å². The standard InChI is InChI=1S/C17H29N/c1-14(18-13-16(2,3)4)12-17(5,6)15-10-8-7-9-11-15/h7-11,14,18H,12-13H2,1-6H3. The molecule has 102 valence electrons. The highest BCUT2D eigenvalue weighted by Crippen LogP contribution is 2.28. The van der Waals surface area contributed by atoms with E-state index >= 15 is 0 Å². The molecular weight excluding hydrogens is 218 g/mol. The van der Waals surface area contributed by atoms with Gasteiger partial charge in [-0.2, -0.15) is 0 Å². The summed E-state index contributed by atoms with van der Waals surface area (Å²) in [5.74, 6) is 0. The van der Waals surface area contributed by atoms with Crippen LogP contribution in [-0.2, 0) is 5.41 Å². The third-order valence-corrected chi connectivity index (χ3v) is 3.35. The average molecular weight is 247 g/mol. The fourth-order valence-corrected chi connectivity index (χ4v) is 2.33. The summed E-state index contributed by atoms with van der Waals surface area (Å²) in [7, 11) is 0. The second-order valence-electron chi connectivity index (χ2n) is 7.30. The fourth-order valence-electron chi connectivity index (χ4n) is 2.33. The van der Waals surface area contributed by atoms with Crippen LogP contribution in [0, 0.1) is 5.41 Å². The largest absolute Gasteiger partial charge is 0.314 e. The van der Waals surface area contributed by atoms with Crippen molar-refractivity contribution in [2.45, 2.75) is 59.4 Å². The van der Waals surface area contributed by atoms with Gasteiger partial charge in [0.2, 0.25) is 0 Å². The molecule has 1 unspecified atom stereocenters. The second-order valence-corrected chi connectivity index (χ2v) is 7.30. The molecule has 0 radical (unpaired) electrons. The van der Waals surface area contributed by atoms with Crippen LogP contribution in [0.1, 0.15) is 53.5 Å². The zero-order chi connectivity index (χ0) is 13.8. The van der Waals surface area contributed by atoms with E-state index < -0.39 is 0 Å². The molecule has 0 aliphatic carbocycles. The van der Waals surface area contributed by atoms with Gasteiger partial charge in [0.05, 0.1) is 0 Å². The first-order valence-electron chi connectivity index (χ1n) is 7.00. The van der Waals surface area contributed by atoms with Crippen molar-refractivity contribution in [1.82, 2.24) is 5.32 Å². The number of hydrogen-bond donors (Lipinski definition) is 1. The number of rotatable bonds is 5. The molecule has 0 saturated carbocycles. The SMILES string of the molecule is CC(CC(C)(C)c1ccccc1)NCC(C)(C)C. The van der Waals surface area contributed by atoms with Gasteiger partial charge in [-0.15, -0.1) is 0 Å². The minimum Gasteiger partial charge on any atom is -0.314 e. The number of benzene rings is 1. The lowest BCUT2D eigenvalue weighted by atomic mass is 9.79. The fraction of sp³-hybridized carbons (Fsp3) is 0.647. The number of hydrogen-bond acceptors (Lipinski definition) is 1. The summed E-state index contributed by atoms with van der Waals surface area (Å²) in [4.78, 5) is 0. The summed E-state index contributed by atoms with van der Waals surface area (Å²) in [5.41, 5.74) is 2.01. The second kappa shape index (κ2) is 5.88. The summed E-state index contributed by atoms with van der Waals surface area (Å²) < 4.78 is 0. The van der Waals surface area contributed by atoms with Gasteiger partial charge in [0, 0.05) is 12.6 Å². The van der Waals surface area contributed by atoms with Crippen molar-refractivity contribution in [2.75, 3.05) is 6.54 Å². The van der Waals surface area contributed by atoms with E-state index in [4.69, 9.17) is 0 Å². The molecule has 1 aromatic carbocycles. The Hall–Kier alpha value is -0.820. The van der Waals surface area contributed by atoms with Crippen LogP contribution >= 0.6 is 0 Å². The summed E-state index contributed by atoms with van der Waals surface area (Å²) in [6, 6.07) is 11.3. The van der Waals surface area contributed by atoms with Crippen molar-refractivity contribution >= 4 is 0 Å². The number of nitrogens with one attached hydrogen (secondary N) is 1. The lowest BCUT2D eigenvalue weighted by Crippen LogP contribution is -2.37. The van der Waals surface area contributed by atoms with Crippen LogP contribution in [0.3, 0.4) is 0 Å². The molecule has 0 aliphatic rings. The Morgan fingerprint density at radius 2 is 1.56 bits per heavy atom. The highest BCUT2D eigenvalue weighted by Gasteiger charge is 2.23. The molecule has 1 nitrogen and oxygen atoms in total. The van der Waals surface area contributed by atoms with E-state index in [0.717, 1.165) is 13.0 Å². The van der Waals surface area contributed by atoms with Crippen LogP contribution in [0.25, 0.3) is 0 Å². The average Bonchev–Trinajstić information content (AvgIpc) is 2.26. The smallest absolute Gasteiger partial charge is 0.00472 e. The predicted molar refractivity (Wildman–Crippen MR) is 81.0 cm³/mol. The van der Waals surface area contributed by atoms with Gasteiger partial charge < -0.3 is 5.32 Å². The van der Waals surface area contributed by atoms with Crippen LogP contribution in [0.5, 0.6) is 0 Å². The highest BCUT2D eigenvalue weighted by molar-refractivity contribution is 5.23. The molecule has 18 heavy (non-hydrogen) atoms. The van der Waals surface area contributed by atoms with Crippen molar-refractivity contribution in [3.63, 3.8) is 0 Å².